The molecule has 0 saturated heterocycles. The molecule has 0 amide bonds. The van der Waals surface area contributed by atoms with E-state index in [4.69, 9.17) is 0 Å². The van der Waals surface area contributed by atoms with Gasteiger partial charge in [-0.1, -0.05) is 0 Å². The van der Waals surface area contributed by atoms with Gasteiger partial charge in [-0.3, -0.25) is 4.21 Å². The van der Waals surface area contributed by atoms with Crippen LogP contribution in [0.2, 0.25) is 0 Å². The Balaban J connectivity index is 3.38. The summed E-state index contributed by atoms with van der Waals surface area (Å²) in [6, 6.07) is 1.000. The van der Waals surface area contributed by atoms with Gasteiger partial charge in [0.1, 0.15) is 22.3 Å². The third kappa shape index (κ3) is 1.66. The predicted octanol–water partition coefficient (Wildman–Crippen LogP) is 1.84. The Labute approximate surface area is 69.7 Å². The zero-order valence-electron chi connectivity index (χ0n) is 6.11. The molecule has 12 heavy (non-hydrogen) atoms. The Hall–Kier alpha value is -0.840. The first-order chi connectivity index (χ1) is 5.52. The molecule has 0 saturated carbocycles. The summed E-state index contributed by atoms with van der Waals surface area (Å²) >= 11 is 0. The number of hydrogen-bond donors (Lipinski definition) is 0. The van der Waals surface area contributed by atoms with Gasteiger partial charge in [-0.2, -0.15) is 0 Å². The average molecular weight is 194 g/mol. The van der Waals surface area contributed by atoms with Gasteiger partial charge in [0.25, 0.3) is 0 Å². The smallest absolute Gasteiger partial charge is 0.145 e. The second-order valence-corrected chi connectivity index (χ2v) is 3.47. The van der Waals surface area contributed by atoms with Crippen molar-refractivity contribution in [2.45, 2.75) is 4.90 Å². The van der Waals surface area contributed by atoms with Gasteiger partial charge in [0, 0.05) is 18.4 Å². The van der Waals surface area contributed by atoms with Gasteiger partial charge >= 0.3 is 0 Å². The first-order valence-electron chi connectivity index (χ1n) is 3.00. The lowest BCUT2D eigenvalue weighted by molar-refractivity contribution is 0.507. The summed E-state index contributed by atoms with van der Waals surface area (Å²) in [6.45, 7) is 0. The molecule has 0 N–H and O–H groups in total. The minimum Gasteiger partial charge on any atom is -0.254 e. The van der Waals surface area contributed by atoms with Crippen molar-refractivity contribution >= 4 is 10.8 Å². The van der Waals surface area contributed by atoms with Crippen LogP contribution in [0.15, 0.2) is 17.0 Å². The Morgan fingerprint density at radius 1 is 1.17 bits per heavy atom. The minimum atomic E-state index is -1.78. The summed E-state index contributed by atoms with van der Waals surface area (Å²) in [5.74, 6) is -3.25. The molecule has 66 valence electrons. The lowest BCUT2D eigenvalue weighted by Crippen LogP contribution is -1.98. The molecule has 1 atom stereocenters. The van der Waals surface area contributed by atoms with Gasteiger partial charge in [0.05, 0.1) is 10.8 Å². The van der Waals surface area contributed by atoms with E-state index < -0.39 is 33.1 Å². The zero-order chi connectivity index (χ0) is 9.30. The Morgan fingerprint density at radius 2 is 1.58 bits per heavy atom. The van der Waals surface area contributed by atoms with E-state index in [0.717, 1.165) is 6.26 Å². The summed E-state index contributed by atoms with van der Waals surface area (Å²) in [5, 5.41) is 0. The standard InChI is InChI=1S/C7H5F3OS/c1-12(11)7-5(9)2-4(8)3-6(7)10/h2-3H,1H3. The third-order valence-corrected chi connectivity index (χ3v) is 2.22. The summed E-state index contributed by atoms with van der Waals surface area (Å²) < 4.78 is 48.4. The number of rotatable bonds is 1. The van der Waals surface area contributed by atoms with Gasteiger partial charge < -0.3 is 0 Å². The highest BCUT2D eigenvalue weighted by Gasteiger charge is 2.13. The normalized spacial score (nSPS) is 13.0. The summed E-state index contributed by atoms with van der Waals surface area (Å²) in [7, 11) is -1.78. The summed E-state index contributed by atoms with van der Waals surface area (Å²) in [6.07, 6.45) is 1.12. The number of halogens is 3. The van der Waals surface area contributed by atoms with Gasteiger partial charge in [0.2, 0.25) is 0 Å². The van der Waals surface area contributed by atoms with Crippen LogP contribution in [-0.4, -0.2) is 10.5 Å². The molecule has 0 bridgehead atoms. The van der Waals surface area contributed by atoms with Crippen molar-refractivity contribution in [3.05, 3.63) is 29.6 Å². The van der Waals surface area contributed by atoms with Crippen molar-refractivity contribution in [3.8, 4) is 0 Å². The van der Waals surface area contributed by atoms with Crippen LogP contribution in [0.1, 0.15) is 0 Å². The summed E-state index contributed by atoms with van der Waals surface area (Å²) in [5.41, 5.74) is 0. The van der Waals surface area contributed by atoms with Crippen LogP contribution in [0.5, 0.6) is 0 Å². The number of benzene rings is 1. The quantitative estimate of drug-likeness (QED) is 0.666. The van der Waals surface area contributed by atoms with Crippen molar-refractivity contribution in [2.75, 3.05) is 6.26 Å². The molecule has 0 aromatic heterocycles. The lowest BCUT2D eigenvalue weighted by Gasteiger charge is -2.00. The molecule has 0 radical (unpaired) electrons. The molecule has 0 aliphatic carbocycles. The highest BCUT2D eigenvalue weighted by atomic mass is 32.2. The maximum Gasteiger partial charge on any atom is 0.145 e. The van der Waals surface area contributed by atoms with Crippen LogP contribution < -0.4 is 0 Å². The Morgan fingerprint density at radius 3 is 1.92 bits per heavy atom. The summed E-state index contributed by atoms with van der Waals surface area (Å²) in [4.78, 5) is -0.587. The highest BCUT2D eigenvalue weighted by Crippen LogP contribution is 2.17. The SMILES string of the molecule is CS(=O)c1c(F)cc(F)cc1F. The fourth-order valence-electron chi connectivity index (χ4n) is 0.804. The van der Waals surface area contributed by atoms with E-state index in [9.17, 15) is 17.4 Å². The molecular weight excluding hydrogens is 189 g/mol. The van der Waals surface area contributed by atoms with Crippen LogP contribution in [-0.2, 0) is 10.8 Å². The number of hydrogen-bond acceptors (Lipinski definition) is 1. The molecule has 1 aromatic rings. The van der Waals surface area contributed by atoms with Gasteiger partial charge in [-0.15, -0.1) is 0 Å². The molecule has 0 aliphatic rings. The van der Waals surface area contributed by atoms with Crippen molar-refractivity contribution in [2.24, 2.45) is 0 Å². The van der Waals surface area contributed by atoms with Crippen LogP contribution in [0, 0.1) is 17.5 Å². The van der Waals surface area contributed by atoms with E-state index in [-0.39, 0.29) is 0 Å². The molecule has 0 heterocycles. The molecular formula is C7H5F3OS. The van der Waals surface area contributed by atoms with E-state index in [0.29, 0.717) is 12.1 Å². The molecule has 0 spiro atoms. The van der Waals surface area contributed by atoms with Crippen molar-refractivity contribution in [1.82, 2.24) is 0 Å². The first-order valence-corrected chi connectivity index (χ1v) is 4.56. The third-order valence-electron chi connectivity index (χ3n) is 1.25. The molecule has 1 unspecified atom stereocenters. The van der Waals surface area contributed by atoms with Crippen molar-refractivity contribution in [3.63, 3.8) is 0 Å². The maximum atomic E-state index is 12.7. The van der Waals surface area contributed by atoms with E-state index in [1.54, 1.807) is 0 Å². The second-order valence-electron chi connectivity index (χ2n) is 2.15. The van der Waals surface area contributed by atoms with E-state index in [2.05, 4.69) is 0 Å². The van der Waals surface area contributed by atoms with Crippen molar-refractivity contribution < 1.29 is 17.4 Å². The molecule has 0 aliphatic heterocycles. The van der Waals surface area contributed by atoms with Gasteiger partial charge in [-0.05, 0) is 0 Å². The van der Waals surface area contributed by atoms with E-state index in [1.165, 1.54) is 0 Å². The van der Waals surface area contributed by atoms with E-state index in [1.807, 2.05) is 0 Å². The molecule has 1 nitrogen and oxygen atoms in total. The fourth-order valence-corrected chi connectivity index (χ4v) is 1.47. The van der Waals surface area contributed by atoms with Crippen LogP contribution in [0.4, 0.5) is 13.2 Å². The molecule has 1 rings (SSSR count). The zero-order valence-corrected chi connectivity index (χ0v) is 6.92. The predicted molar refractivity (Wildman–Crippen MR) is 38.6 cm³/mol. The second kappa shape index (κ2) is 3.26. The van der Waals surface area contributed by atoms with Crippen LogP contribution in [0.25, 0.3) is 0 Å². The fraction of sp³-hybridized carbons (Fsp3) is 0.143. The van der Waals surface area contributed by atoms with Gasteiger partial charge in [0.15, 0.2) is 0 Å². The van der Waals surface area contributed by atoms with E-state index >= 15 is 0 Å². The monoisotopic (exact) mass is 194 g/mol. The highest BCUT2D eigenvalue weighted by molar-refractivity contribution is 7.84. The lowest BCUT2D eigenvalue weighted by atomic mass is 10.3. The first kappa shape index (κ1) is 9.25. The molecule has 5 heteroatoms. The van der Waals surface area contributed by atoms with Gasteiger partial charge in [-0.25, -0.2) is 13.2 Å². The Kier molecular flexibility index (Phi) is 2.52. The molecule has 1 aromatic carbocycles. The van der Waals surface area contributed by atoms with Crippen LogP contribution in [0.3, 0.4) is 0 Å². The topological polar surface area (TPSA) is 17.1 Å². The maximum absolute atomic E-state index is 12.7. The average Bonchev–Trinajstić information content (AvgIpc) is 1.82. The van der Waals surface area contributed by atoms with Crippen LogP contribution >= 0.6 is 0 Å². The minimum absolute atomic E-state index is 0.500. The largest absolute Gasteiger partial charge is 0.254 e. The Bertz CT molecular complexity index is 314. The van der Waals surface area contributed by atoms with Crippen molar-refractivity contribution in [1.29, 1.82) is 0 Å². The molecule has 0 fully saturated rings.